The smallest absolute Gasteiger partial charge is 0.322 e. The van der Waals surface area contributed by atoms with E-state index in [4.69, 9.17) is 5.26 Å². The molecular formula is C15H24N2O4S. The number of nitrogens with zero attached hydrogens (tertiary/aromatic N) is 2. The van der Waals surface area contributed by atoms with E-state index in [0.717, 1.165) is 25.7 Å². The molecule has 1 heterocycles. The average molecular weight is 328 g/mol. The van der Waals surface area contributed by atoms with E-state index >= 15 is 0 Å². The number of rotatable bonds is 5. The summed E-state index contributed by atoms with van der Waals surface area (Å²) in [5.41, 5.74) is -0.725. The molecule has 1 aliphatic carbocycles. The van der Waals surface area contributed by atoms with Crippen molar-refractivity contribution in [3.05, 3.63) is 0 Å². The topological polar surface area (TPSA) is 98.5 Å². The second kappa shape index (κ2) is 6.17. The van der Waals surface area contributed by atoms with E-state index in [1.165, 1.54) is 4.31 Å². The van der Waals surface area contributed by atoms with E-state index in [2.05, 4.69) is 6.07 Å². The van der Waals surface area contributed by atoms with Gasteiger partial charge in [0.2, 0.25) is 10.0 Å². The van der Waals surface area contributed by atoms with E-state index < -0.39 is 27.4 Å². The van der Waals surface area contributed by atoms with Gasteiger partial charge >= 0.3 is 5.97 Å². The van der Waals surface area contributed by atoms with Crippen LogP contribution in [0.5, 0.6) is 0 Å². The van der Waals surface area contributed by atoms with E-state index in [-0.39, 0.29) is 24.1 Å². The summed E-state index contributed by atoms with van der Waals surface area (Å²) in [7, 11) is -3.67. The fourth-order valence-electron chi connectivity index (χ4n) is 3.58. The Morgan fingerprint density at radius 1 is 1.36 bits per heavy atom. The molecule has 3 unspecified atom stereocenters. The van der Waals surface area contributed by atoms with Gasteiger partial charge < -0.3 is 5.11 Å². The van der Waals surface area contributed by atoms with Crippen LogP contribution in [-0.4, -0.2) is 41.6 Å². The third kappa shape index (κ3) is 3.44. The molecule has 0 bridgehead atoms. The van der Waals surface area contributed by atoms with Crippen LogP contribution in [0, 0.1) is 22.7 Å². The molecule has 1 N–H and O–H groups in total. The first-order chi connectivity index (χ1) is 10.2. The summed E-state index contributed by atoms with van der Waals surface area (Å²) >= 11 is 0. The van der Waals surface area contributed by atoms with Crippen LogP contribution in [0.1, 0.15) is 52.4 Å². The number of carbonyl (C=O) groups is 1. The maximum Gasteiger partial charge on any atom is 0.322 e. The van der Waals surface area contributed by atoms with Gasteiger partial charge in [0.25, 0.3) is 0 Å². The number of hydrogen-bond acceptors (Lipinski definition) is 4. The number of hydrogen-bond donors (Lipinski definition) is 1. The molecule has 1 saturated carbocycles. The van der Waals surface area contributed by atoms with Crippen LogP contribution in [0.15, 0.2) is 0 Å². The monoisotopic (exact) mass is 328 g/mol. The van der Waals surface area contributed by atoms with E-state index in [1.807, 2.05) is 0 Å². The normalized spacial score (nSPS) is 29.8. The maximum atomic E-state index is 12.7. The highest BCUT2D eigenvalue weighted by Crippen LogP contribution is 2.41. The van der Waals surface area contributed by atoms with Crippen molar-refractivity contribution in [2.75, 3.05) is 5.75 Å². The lowest BCUT2D eigenvalue weighted by Crippen LogP contribution is -2.47. The first-order valence-electron chi connectivity index (χ1n) is 7.83. The van der Waals surface area contributed by atoms with Crippen molar-refractivity contribution >= 4 is 16.0 Å². The Balaban J connectivity index is 2.22. The Labute approximate surface area is 132 Å². The summed E-state index contributed by atoms with van der Waals surface area (Å²) < 4.78 is 26.7. The first-order valence-corrected chi connectivity index (χ1v) is 9.44. The van der Waals surface area contributed by atoms with E-state index in [9.17, 15) is 18.3 Å². The van der Waals surface area contributed by atoms with Crippen LogP contribution in [0.2, 0.25) is 0 Å². The Morgan fingerprint density at radius 2 is 2.00 bits per heavy atom. The van der Waals surface area contributed by atoms with Crippen molar-refractivity contribution in [2.45, 2.75) is 64.5 Å². The predicted molar refractivity (Wildman–Crippen MR) is 81.4 cm³/mol. The molecule has 2 aliphatic rings. The van der Waals surface area contributed by atoms with Gasteiger partial charge in [-0.25, -0.2) is 8.42 Å². The molecule has 0 amide bonds. The summed E-state index contributed by atoms with van der Waals surface area (Å²) in [5, 5.41) is 18.4. The van der Waals surface area contributed by atoms with Crippen molar-refractivity contribution in [1.29, 1.82) is 5.26 Å². The largest absolute Gasteiger partial charge is 0.480 e. The standard InChI is InChI=1S/C15H24N2O4S/c1-15(2,10-16)7-8-22(20,21)17-12-6-4-3-5-11(12)9-13(17)14(18)19/h11-13H,3-9H2,1-2H3,(H,18,19). The Hall–Kier alpha value is -1.13. The second-order valence-corrected chi connectivity index (χ2v) is 9.09. The predicted octanol–water partition coefficient (Wildman–Crippen LogP) is 1.97. The zero-order chi connectivity index (χ0) is 16.5. The lowest BCUT2D eigenvalue weighted by molar-refractivity contribution is -0.141. The number of carboxylic acids is 1. The minimum absolute atomic E-state index is 0.161. The fourth-order valence-corrected chi connectivity index (χ4v) is 5.81. The fraction of sp³-hybridized carbons (Fsp3) is 0.867. The molecule has 2 fully saturated rings. The van der Waals surface area contributed by atoms with E-state index in [1.54, 1.807) is 13.8 Å². The molecule has 0 aromatic carbocycles. The van der Waals surface area contributed by atoms with Crippen LogP contribution in [0.3, 0.4) is 0 Å². The summed E-state index contributed by atoms with van der Waals surface area (Å²) in [5.74, 6) is -1.06. The van der Waals surface area contributed by atoms with Crippen molar-refractivity contribution in [1.82, 2.24) is 4.31 Å². The first kappa shape index (κ1) is 17.2. The number of nitriles is 1. The van der Waals surface area contributed by atoms with Gasteiger partial charge in [-0.2, -0.15) is 9.57 Å². The molecule has 6 nitrogen and oxygen atoms in total. The molecule has 0 aromatic rings. The van der Waals surface area contributed by atoms with Gasteiger partial charge in [-0.3, -0.25) is 4.79 Å². The molecular weight excluding hydrogens is 304 g/mol. The van der Waals surface area contributed by atoms with Crippen molar-refractivity contribution < 1.29 is 18.3 Å². The number of fused-ring (bicyclic) bond motifs is 1. The molecule has 0 spiro atoms. The van der Waals surface area contributed by atoms with Gasteiger partial charge in [0.05, 0.1) is 17.2 Å². The van der Waals surface area contributed by atoms with Gasteiger partial charge in [-0.05, 0) is 45.4 Å². The van der Waals surface area contributed by atoms with Crippen molar-refractivity contribution in [3.8, 4) is 6.07 Å². The maximum absolute atomic E-state index is 12.7. The molecule has 3 atom stereocenters. The van der Waals surface area contributed by atoms with Crippen LogP contribution in [0.4, 0.5) is 0 Å². The number of aliphatic carboxylic acids is 1. The third-order valence-corrected chi connectivity index (χ3v) is 6.81. The lowest BCUT2D eigenvalue weighted by Gasteiger charge is -2.32. The van der Waals surface area contributed by atoms with Crippen LogP contribution in [-0.2, 0) is 14.8 Å². The van der Waals surface area contributed by atoms with Gasteiger partial charge in [-0.15, -0.1) is 0 Å². The molecule has 22 heavy (non-hydrogen) atoms. The Morgan fingerprint density at radius 3 is 2.59 bits per heavy atom. The van der Waals surface area contributed by atoms with Crippen LogP contribution >= 0.6 is 0 Å². The number of sulfonamides is 1. The zero-order valence-corrected chi connectivity index (χ0v) is 14.0. The third-order valence-electron chi connectivity index (χ3n) is 4.92. The molecule has 2 rings (SSSR count). The molecule has 1 saturated heterocycles. The summed E-state index contributed by atoms with van der Waals surface area (Å²) in [4.78, 5) is 11.5. The van der Waals surface area contributed by atoms with Crippen molar-refractivity contribution in [2.24, 2.45) is 11.3 Å². The molecule has 124 valence electrons. The lowest BCUT2D eigenvalue weighted by atomic mass is 9.85. The molecule has 0 radical (unpaired) electrons. The summed E-state index contributed by atoms with van der Waals surface area (Å²) in [6.07, 6.45) is 4.28. The molecule has 1 aliphatic heterocycles. The average Bonchev–Trinajstić information content (AvgIpc) is 2.86. The van der Waals surface area contributed by atoms with Gasteiger partial charge in [0.1, 0.15) is 6.04 Å². The van der Waals surface area contributed by atoms with Crippen molar-refractivity contribution in [3.63, 3.8) is 0 Å². The van der Waals surface area contributed by atoms with Gasteiger partial charge in [-0.1, -0.05) is 12.8 Å². The highest BCUT2D eigenvalue weighted by atomic mass is 32.2. The minimum Gasteiger partial charge on any atom is -0.480 e. The SMILES string of the molecule is CC(C)(C#N)CCS(=O)(=O)N1C(C(=O)O)CC2CCCCC21. The number of carboxylic acid groups (broad SMARTS) is 1. The zero-order valence-electron chi connectivity index (χ0n) is 13.2. The quantitative estimate of drug-likeness (QED) is 0.832. The summed E-state index contributed by atoms with van der Waals surface area (Å²) in [6.45, 7) is 3.40. The Bertz CT molecular complexity index is 579. The highest BCUT2D eigenvalue weighted by molar-refractivity contribution is 7.89. The molecule has 0 aromatic heterocycles. The highest BCUT2D eigenvalue weighted by Gasteiger charge is 2.50. The summed E-state index contributed by atoms with van der Waals surface area (Å²) in [6, 6.07) is 0.978. The van der Waals surface area contributed by atoms with Crippen LogP contribution in [0.25, 0.3) is 0 Å². The van der Waals surface area contributed by atoms with E-state index in [0.29, 0.717) is 6.42 Å². The van der Waals surface area contributed by atoms with Gasteiger partial charge in [0.15, 0.2) is 0 Å². The molecule has 7 heteroatoms. The minimum atomic E-state index is -3.67. The second-order valence-electron chi connectivity index (χ2n) is 7.09. The Kier molecular flexibility index (Phi) is 4.83. The van der Waals surface area contributed by atoms with Crippen LogP contribution < -0.4 is 0 Å². The van der Waals surface area contributed by atoms with Gasteiger partial charge in [0, 0.05) is 6.04 Å².